The summed E-state index contributed by atoms with van der Waals surface area (Å²) >= 11 is 5.12. The lowest BCUT2D eigenvalue weighted by atomic mass is 10.1. The molecule has 0 aliphatic carbocycles. The zero-order valence-corrected chi connectivity index (χ0v) is 14.2. The summed E-state index contributed by atoms with van der Waals surface area (Å²) in [4.78, 5) is 5.53. The third kappa shape index (κ3) is 3.12. The molecule has 0 saturated heterocycles. The minimum atomic E-state index is 0.235. The number of hydrogen-bond acceptors (Lipinski definition) is 4. The van der Waals surface area contributed by atoms with Gasteiger partial charge in [-0.2, -0.15) is 0 Å². The average Bonchev–Trinajstić information content (AvgIpc) is 3.05. The Morgan fingerprint density at radius 2 is 2.33 bits per heavy atom. The largest absolute Gasteiger partial charge is 0.487 e. The first-order chi connectivity index (χ1) is 10.2. The summed E-state index contributed by atoms with van der Waals surface area (Å²) in [6, 6.07) is 6.34. The Kier molecular flexibility index (Phi) is 4.28. The second kappa shape index (κ2) is 6.17. The normalized spacial score (nSPS) is 12.7. The molecule has 21 heavy (non-hydrogen) atoms. The quantitative estimate of drug-likeness (QED) is 0.741. The van der Waals surface area contributed by atoms with Crippen molar-refractivity contribution in [3.05, 3.63) is 51.7 Å². The highest BCUT2D eigenvalue weighted by Gasteiger charge is 2.12. The Morgan fingerprint density at radius 1 is 1.48 bits per heavy atom. The smallest absolute Gasteiger partial charge is 0.193 e. The van der Waals surface area contributed by atoms with Crippen LogP contribution in [0.25, 0.3) is 4.96 Å². The van der Waals surface area contributed by atoms with Crippen molar-refractivity contribution in [3.63, 3.8) is 0 Å². The first-order valence-corrected chi connectivity index (χ1v) is 8.35. The zero-order chi connectivity index (χ0) is 14.8. The van der Waals surface area contributed by atoms with Crippen molar-refractivity contribution in [1.29, 1.82) is 0 Å². The van der Waals surface area contributed by atoms with Gasteiger partial charge in [-0.1, -0.05) is 22.0 Å². The fourth-order valence-electron chi connectivity index (χ4n) is 2.14. The Bertz CT molecular complexity index is 724. The number of benzene rings is 1. The summed E-state index contributed by atoms with van der Waals surface area (Å²) in [5.41, 5.74) is 2.08. The summed E-state index contributed by atoms with van der Waals surface area (Å²) in [5, 5.41) is 5.27. The van der Waals surface area contributed by atoms with Crippen LogP contribution in [-0.4, -0.2) is 16.4 Å². The number of imidazole rings is 1. The van der Waals surface area contributed by atoms with Crippen molar-refractivity contribution in [3.8, 4) is 5.75 Å². The molecule has 2 aromatic heterocycles. The second-order valence-corrected chi connectivity index (χ2v) is 6.59. The lowest BCUT2D eigenvalue weighted by Crippen LogP contribution is -2.13. The first-order valence-electron chi connectivity index (χ1n) is 6.68. The molecule has 2 heterocycles. The molecule has 0 radical (unpaired) electrons. The molecule has 0 amide bonds. The molecule has 3 aromatic rings. The maximum absolute atomic E-state index is 5.98. The van der Waals surface area contributed by atoms with E-state index in [2.05, 4.69) is 39.2 Å². The van der Waals surface area contributed by atoms with Gasteiger partial charge in [-0.05, 0) is 26.1 Å². The standard InChI is InChI=1S/C15H16BrN3OS/c1-10(17-2)13-4-3-11(16)7-14(13)20-9-12-8-19-5-6-21-15(19)18-12/h3-8,10,17H,9H2,1-2H3. The Labute approximate surface area is 135 Å². The minimum absolute atomic E-state index is 0.235. The number of ether oxygens (including phenoxy) is 1. The summed E-state index contributed by atoms with van der Waals surface area (Å²) in [7, 11) is 1.94. The van der Waals surface area contributed by atoms with Gasteiger partial charge in [0, 0.05) is 33.9 Å². The molecule has 0 aliphatic heterocycles. The monoisotopic (exact) mass is 365 g/mol. The number of fused-ring (bicyclic) bond motifs is 1. The van der Waals surface area contributed by atoms with E-state index in [0.29, 0.717) is 6.61 Å². The van der Waals surface area contributed by atoms with Crippen LogP contribution in [0.1, 0.15) is 24.2 Å². The minimum Gasteiger partial charge on any atom is -0.487 e. The Morgan fingerprint density at radius 3 is 3.10 bits per heavy atom. The molecule has 110 valence electrons. The number of nitrogens with one attached hydrogen (secondary N) is 1. The topological polar surface area (TPSA) is 38.6 Å². The van der Waals surface area contributed by atoms with E-state index >= 15 is 0 Å². The van der Waals surface area contributed by atoms with E-state index in [1.54, 1.807) is 11.3 Å². The van der Waals surface area contributed by atoms with E-state index in [1.165, 1.54) is 0 Å². The first kappa shape index (κ1) is 14.6. The average molecular weight is 366 g/mol. The highest BCUT2D eigenvalue weighted by atomic mass is 79.9. The van der Waals surface area contributed by atoms with Gasteiger partial charge in [-0.15, -0.1) is 11.3 Å². The van der Waals surface area contributed by atoms with Gasteiger partial charge >= 0.3 is 0 Å². The van der Waals surface area contributed by atoms with Crippen LogP contribution >= 0.6 is 27.3 Å². The molecule has 0 spiro atoms. The van der Waals surface area contributed by atoms with Crippen molar-refractivity contribution in [2.45, 2.75) is 19.6 Å². The number of rotatable bonds is 5. The number of nitrogens with zero attached hydrogens (tertiary/aromatic N) is 2. The number of halogens is 1. The maximum atomic E-state index is 5.98. The maximum Gasteiger partial charge on any atom is 0.193 e. The fraction of sp³-hybridized carbons (Fsp3) is 0.267. The van der Waals surface area contributed by atoms with E-state index in [0.717, 1.165) is 26.4 Å². The Hall–Kier alpha value is -1.37. The van der Waals surface area contributed by atoms with Gasteiger partial charge in [0.15, 0.2) is 4.96 Å². The molecule has 4 nitrogen and oxygen atoms in total. The molecular formula is C15H16BrN3OS. The number of aromatic nitrogens is 2. The highest BCUT2D eigenvalue weighted by Crippen LogP contribution is 2.29. The predicted octanol–water partition coefficient (Wildman–Crippen LogP) is 4.02. The van der Waals surface area contributed by atoms with Crippen LogP contribution in [0.4, 0.5) is 0 Å². The predicted molar refractivity (Wildman–Crippen MR) is 89.0 cm³/mol. The van der Waals surface area contributed by atoms with Crippen LogP contribution in [0.15, 0.2) is 40.4 Å². The van der Waals surface area contributed by atoms with Crippen molar-refractivity contribution >= 4 is 32.2 Å². The molecule has 0 saturated carbocycles. The third-order valence-corrected chi connectivity index (χ3v) is 4.66. The zero-order valence-electron chi connectivity index (χ0n) is 11.8. The van der Waals surface area contributed by atoms with E-state index in [-0.39, 0.29) is 6.04 Å². The van der Waals surface area contributed by atoms with E-state index in [1.807, 2.05) is 41.4 Å². The lowest BCUT2D eigenvalue weighted by Gasteiger charge is -2.16. The number of thiazole rings is 1. The van der Waals surface area contributed by atoms with Gasteiger partial charge in [0.05, 0.1) is 5.69 Å². The van der Waals surface area contributed by atoms with Crippen LogP contribution in [-0.2, 0) is 6.61 Å². The summed E-state index contributed by atoms with van der Waals surface area (Å²) < 4.78 is 9.01. The van der Waals surface area contributed by atoms with Gasteiger partial charge in [0.2, 0.25) is 0 Å². The molecule has 0 aliphatic rings. The van der Waals surface area contributed by atoms with Crippen LogP contribution < -0.4 is 10.1 Å². The van der Waals surface area contributed by atoms with Crippen LogP contribution in [0, 0.1) is 0 Å². The molecule has 6 heteroatoms. The molecule has 0 bridgehead atoms. The van der Waals surface area contributed by atoms with Crippen molar-refractivity contribution < 1.29 is 4.74 Å². The summed E-state index contributed by atoms with van der Waals surface area (Å²) in [5.74, 6) is 0.877. The molecule has 1 atom stereocenters. The van der Waals surface area contributed by atoms with Gasteiger partial charge in [0.1, 0.15) is 12.4 Å². The van der Waals surface area contributed by atoms with Crippen LogP contribution in [0.3, 0.4) is 0 Å². The Balaban J connectivity index is 1.80. The van der Waals surface area contributed by atoms with Crippen LogP contribution in [0.2, 0.25) is 0 Å². The summed E-state index contributed by atoms with van der Waals surface area (Å²) in [6.07, 6.45) is 4.01. The summed E-state index contributed by atoms with van der Waals surface area (Å²) in [6.45, 7) is 2.58. The SMILES string of the molecule is CNC(C)c1ccc(Br)cc1OCc1cn2ccsc2n1. The van der Waals surface area contributed by atoms with Gasteiger partial charge < -0.3 is 10.1 Å². The van der Waals surface area contributed by atoms with E-state index < -0.39 is 0 Å². The molecule has 1 unspecified atom stereocenters. The van der Waals surface area contributed by atoms with Gasteiger partial charge in [0.25, 0.3) is 0 Å². The molecule has 0 fully saturated rings. The third-order valence-electron chi connectivity index (χ3n) is 3.39. The fourth-order valence-corrected chi connectivity index (χ4v) is 3.20. The van der Waals surface area contributed by atoms with Gasteiger partial charge in [-0.25, -0.2) is 4.98 Å². The van der Waals surface area contributed by atoms with E-state index in [4.69, 9.17) is 4.74 Å². The van der Waals surface area contributed by atoms with Crippen molar-refractivity contribution in [1.82, 2.24) is 14.7 Å². The molecule has 1 aromatic carbocycles. The van der Waals surface area contributed by atoms with Crippen LogP contribution in [0.5, 0.6) is 5.75 Å². The molecular weight excluding hydrogens is 350 g/mol. The van der Waals surface area contributed by atoms with Crippen molar-refractivity contribution in [2.24, 2.45) is 0 Å². The van der Waals surface area contributed by atoms with Gasteiger partial charge in [-0.3, -0.25) is 4.40 Å². The molecule has 3 rings (SSSR count). The lowest BCUT2D eigenvalue weighted by molar-refractivity contribution is 0.296. The highest BCUT2D eigenvalue weighted by molar-refractivity contribution is 9.10. The van der Waals surface area contributed by atoms with Crippen molar-refractivity contribution in [2.75, 3.05) is 7.05 Å². The van der Waals surface area contributed by atoms with E-state index in [9.17, 15) is 0 Å². The second-order valence-electron chi connectivity index (χ2n) is 4.81. The number of hydrogen-bond donors (Lipinski definition) is 1. The molecule has 1 N–H and O–H groups in total.